The molecule has 0 radical (unpaired) electrons. The van der Waals surface area contributed by atoms with Crippen LogP contribution in [0.25, 0.3) is 16.8 Å². The van der Waals surface area contributed by atoms with E-state index in [0.29, 0.717) is 12.1 Å². The van der Waals surface area contributed by atoms with E-state index in [1.165, 1.54) is 6.92 Å². The van der Waals surface area contributed by atoms with Gasteiger partial charge in [-0.3, -0.25) is 14.6 Å². The number of carbonyl (C=O) groups excluding carboxylic acids is 3. The predicted octanol–water partition coefficient (Wildman–Crippen LogP) is 6.33. The Balaban J connectivity index is 1.57. The zero-order valence-electron chi connectivity index (χ0n) is 37.2. The van der Waals surface area contributed by atoms with Crippen LogP contribution in [0, 0.1) is 23.7 Å². The van der Waals surface area contributed by atoms with Gasteiger partial charge in [-0.1, -0.05) is 63.2 Å². The van der Waals surface area contributed by atoms with Crippen molar-refractivity contribution in [1.82, 2.24) is 9.88 Å². The first-order valence-electron chi connectivity index (χ1n) is 21.0. The fraction of sp³-hybridized carbons (Fsp3) is 0.667. The van der Waals surface area contributed by atoms with Gasteiger partial charge in [0.05, 0.1) is 41.6 Å². The van der Waals surface area contributed by atoms with Crippen LogP contribution in [0.15, 0.2) is 47.9 Å². The lowest BCUT2D eigenvalue weighted by molar-refractivity contribution is -0.303. The third kappa shape index (κ3) is 10.1. The van der Waals surface area contributed by atoms with Crippen LogP contribution in [0.1, 0.15) is 87.1 Å². The average Bonchev–Trinajstić information content (AvgIpc) is 3.53. The quantitative estimate of drug-likeness (QED) is 0.122. The van der Waals surface area contributed by atoms with Crippen LogP contribution in [0.3, 0.4) is 0 Å². The predicted molar refractivity (Wildman–Crippen MR) is 224 cm³/mol. The minimum Gasteiger partial charge on any atom is -0.458 e. The highest BCUT2D eigenvalue weighted by atomic mass is 16.8. The number of ether oxygens (including phenoxy) is 7. The minimum absolute atomic E-state index is 0.107. The van der Waals surface area contributed by atoms with Crippen LogP contribution in [0.2, 0.25) is 0 Å². The van der Waals surface area contributed by atoms with E-state index in [0.717, 1.165) is 16.3 Å². The lowest BCUT2D eigenvalue weighted by Gasteiger charge is -2.48. The lowest BCUT2D eigenvalue weighted by atomic mass is 9.73. The SMILES string of the molecule is CC[C@H]1OC(=O)[C@H](C)[C@@H](O)[C@H](C)[C@@H](O[C@@H]2O[C@H](C)C[C@H](N(C)C)[C@H]2OC(C)=O)[C@](C)(OC)C[C@@H](C)/C(=N\OC/C=C/c2cncc3ccccc23)[C@H](C)[C@H]2OC(=O)O[C@@]21C. The van der Waals surface area contributed by atoms with Crippen molar-refractivity contribution >= 4 is 40.7 Å². The molecule has 2 aromatic rings. The molecular weight excluding hydrogens is 775 g/mol. The van der Waals surface area contributed by atoms with Crippen LogP contribution >= 0.6 is 0 Å². The number of benzene rings is 1. The van der Waals surface area contributed by atoms with Crippen LogP contribution in [0.4, 0.5) is 4.79 Å². The number of rotatable bonds is 10. The van der Waals surface area contributed by atoms with Gasteiger partial charge in [0, 0.05) is 55.1 Å². The molecule has 1 aromatic heterocycles. The van der Waals surface area contributed by atoms with E-state index in [1.807, 2.05) is 96.2 Å². The van der Waals surface area contributed by atoms with Gasteiger partial charge in [0.1, 0.15) is 12.7 Å². The van der Waals surface area contributed by atoms with Gasteiger partial charge >= 0.3 is 18.1 Å². The summed E-state index contributed by atoms with van der Waals surface area (Å²) in [6.07, 6.45) is 1.28. The van der Waals surface area contributed by atoms with Gasteiger partial charge in [-0.2, -0.15) is 0 Å². The van der Waals surface area contributed by atoms with Crippen LogP contribution in [-0.2, 0) is 47.6 Å². The summed E-state index contributed by atoms with van der Waals surface area (Å²) in [5, 5.41) is 18.8. The Labute approximate surface area is 354 Å². The molecule has 15 nitrogen and oxygen atoms in total. The van der Waals surface area contributed by atoms with Crippen molar-refractivity contribution in [3.05, 3.63) is 48.3 Å². The van der Waals surface area contributed by atoms with E-state index >= 15 is 0 Å². The van der Waals surface area contributed by atoms with Gasteiger partial charge in [0.25, 0.3) is 0 Å². The third-order valence-corrected chi connectivity index (χ3v) is 12.6. The van der Waals surface area contributed by atoms with E-state index in [2.05, 4.69) is 4.98 Å². The second kappa shape index (κ2) is 19.7. The molecule has 3 fully saturated rings. The van der Waals surface area contributed by atoms with E-state index in [1.54, 1.807) is 34.1 Å². The summed E-state index contributed by atoms with van der Waals surface area (Å²) in [6, 6.07) is 7.72. The Morgan fingerprint density at radius 2 is 1.78 bits per heavy atom. The molecular formula is C45H65N3O12. The first-order valence-corrected chi connectivity index (χ1v) is 21.0. The maximum absolute atomic E-state index is 14.0. The number of oxime groups is 1. The second-order valence-electron chi connectivity index (χ2n) is 17.3. The maximum Gasteiger partial charge on any atom is 0.509 e. The molecule has 0 bridgehead atoms. The molecule has 0 aliphatic carbocycles. The number of carbonyl (C=O) groups is 3. The molecule has 14 atom stereocenters. The molecule has 1 N–H and O–H groups in total. The summed E-state index contributed by atoms with van der Waals surface area (Å²) in [4.78, 5) is 51.8. The Bertz CT molecular complexity index is 1870. The number of pyridine rings is 1. The van der Waals surface area contributed by atoms with E-state index < -0.39 is 89.8 Å². The first-order chi connectivity index (χ1) is 28.3. The van der Waals surface area contributed by atoms with E-state index in [9.17, 15) is 19.5 Å². The van der Waals surface area contributed by atoms with Gasteiger partial charge in [0.15, 0.2) is 24.1 Å². The Kier molecular flexibility index (Phi) is 15.4. The fourth-order valence-electron chi connectivity index (χ4n) is 9.29. The summed E-state index contributed by atoms with van der Waals surface area (Å²) in [5.41, 5.74) is -1.17. The van der Waals surface area contributed by atoms with Crippen molar-refractivity contribution in [2.75, 3.05) is 27.8 Å². The number of cyclic esters (lactones) is 1. The van der Waals surface area contributed by atoms with Crippen molar-refractivity contribution in [3.8, 4) is 0 Å². The zero-order valence-corrected chi connectivity index (χ0v) is 37.2. The number of hydrogen-bond acceptors (Lipinski definition) is 15. The molecule has 332 valence electrons. The van der Waals surface area contributed by atoms with Gasteiger partial charge < -0.3 is 48.0 Å². The van der Waals surface area contributed by atoms with Crippen molar-refractivity contribution < 1.29 is 57.5 Å². The van der Waals surface area contributed by atoms with Gasteiger partial charge in [0.2, 0.25) is 0 Å². The monoisotopic (exact) mass is 839 g/mol. The molecule has 4 heterocycles. The zero-order chi connectivity index (χ0) is 44.1. The number of esters is 2. The molecule has 15 heteroatoms. The van der Waals surface area contributed by atoms with Crippen LogP contribution < -0.4 is 0 Å². The standard InChI is InChI=1S/C45H65N3O12/c1-13-35-45(9)40(59-43(52)60-45)27(4)36(47-54-20-16-18-32-24-46-23-31-17-14-15-19-33(31)32)25(2)22-44(8,53-12)39(28(5)37(50)29(6)41(51)57-35)58-42-38(56-30(7)49)34(48(10)11)21-26(3)55-42/h14-19,23-29,34-35,37-40,42,50H,13,20-22H2,1-12H3/b18-16+,47-36+/t25-,26-,27+,28+,29-,34+,35-,37+,38-,39-,40-,42+,44-,45-/m1/s1. The minimum atomic E-state index is -1.41. The number of aliphatic hydroxyl groups excluding tert-OH is 1. The molecule has 60 heavy (non-hydrogen) atoms. The van der Waals surface area contributed by atoms with Crippen molar-refractivity contribution in [1.29, 1.82) is 0 Å². The van der Waals surface area contributed by atoms with Crippen LogP contribution in [0.5, 0.6) is 0 Å². The Hall–Kier alpha value is -4.15. The van der Waals surface area contributed by atoms with Gasteiger partial charge in [-0.05, 0) is 72.5 Å². The number of methoxy groups -OCH3 is 1. The molecule has 3 saturated heterocycles. The normalized spacial score (nSPS) is 37.6. The number of hydrogen-bond donors (Lipinski definition) is 1. The van der Waals surface area contributed by atoms with E-state index in [-0.39, 0.29) is 31.6 Å². The fourth-order valence-corrected chi connectivity index (χ4v) is 9.29. The number of fused-ring (bicyclic) bond motifs is 2. The van der Waals surface area contributed by atoms with Crippen LogP contribution in [-0.4, -0.2) is 127 Å². The summed E-state index contributed by atoms with van der Waals surface area (Å²) in [7, 11) is 5.36. The Morgan fingerprint density at radius 1 is 1.07 bits per heavy atom. The van der Waals surface area contributed by atoms with Gasteiger partial charge in [-0.25, -0.2) is 4.79 Å². The summed E-state index contributed by atoms with van der Waals surface area (Å²) in [6.45, 7) is 16.0. The number of aliphatic hydroxyl groups is 1. The van der Waals surface area contributed by atoms with E-state index in [4.69, 9.17) is 43.2 Å². The maximum atomic E-state index is 14.0. The number of likely N-dealkylation sites (N-methyl/N-ethyl adjacent to an activating group) is 1. The number of aromatic nitrogens is 1. The topological polar surface area (TPSA) is 174 Å². The molecule has 5 rings (SSSR count). The van der Waals surface area contributed by atoms with Crippen molar-refractivity contribution in [2.24, 2.45) is 28.8 Å². The summed E-state index contributed by atoms with van der Waals surface area (Å²) >= 11 is 0. The molecule has 3 aliphatic rings. The highest BCUT2D eigenvalue weighted by Gasteiger charge is 2.59. The molecule has 0 unspecified atom stereocenters. The van der Waals surface area contributed by atoms with Crippen molar-refractivity contribution in [3.63, 3.8) is 0 Å². The number of nitrogens with zero attached hydrogens (tertiary/aromatic N) is 3. The lowest BCUT2D eigenvalue weighted by Crippen LogP contribution is -2.61. The Morgan fingerprint density at radius 3 is 2.45 bits per heavy atom. The molecule has 1 aromatic carbocycles. The first kappa shape index (κ1) is 46.9. The highest BCUT2D eigenvalue weighted by molar-refractivity contribution is 5.90. The molecule has 0 spiro atoms. The smallest absolute Gasteiger partial charge is 0.458 e. The third-order valence-electron chi connectivity index (χ3n) is 12.6. The van der Waals surface area contributed by atoms with Crippen molar-refractivity contribution in [2.45, 2.75) is 142 Å². The molecule has 0 amide bonds. The molecule has 3 aliphatic heterocycles. The average molecular weight is 840 g/mol. The highest BCUT2D eigenvalue weighted by Crippen LogP contribution is 2.43. The van der Waals surface area contributed by atoms with Gasteiger partial charge in [-0.15, -0.1) is 0 Å². The summed E-state index contributed by atoms with van der Waals surface area (Å²) in [5.74, 6) is -4.06. The largest absolute Gasteiger partial charge is 0.509 e. The molecule has 0 saturated carbocycles. The summed E-state index contributed by atoms with van der Waals surface area (Å²) < 4.78 is 43.4. The second-order valence-corrected chi connectivity index (χ2v) is 17.3.